The minimum atomic E-state index is -0.435. The number of nitrogens with one attached hydrogen (secondary N) is 2. The summed E-state index contributed by atoms with van der Waals surface area (Å²) in [6, 6.07) is 9.12. The molecule has 0 spiro atoms. The maximum atomic E-state index is 12.5. The van der Waals surface area contributed by atoms with Gasteiger partial charge < -0.3 is 15.5 Å². The van der Waals surface area contributed by atoms with Crippen LogP contribution >= 0.6 is 0 Å². The third-order valence-corrected chi connectivity index (χ3v) is 4.42. The molecule has 7 nitrogen and oxygen atoms in total. The third kappa shape index (κ3) is 3.87. The molecule has 1 aromatic carbocycles. The molecule has 0 radical (unpaired) electrons. The fraction of sp³-hybridized carbons (Fsp3) is 0.421. The molecule has 1 aromatic heterocycles. The van der Waals surface area contributed by atoms with Crippen molar-refractivity contribution < 1.29 is 9.59 Å². The van der Waals surface area contributed by atoms with Crippen molar-refractivity contribution in [2.24, 2.45) is 0 Å². The van der Waals surface area contributed by atoms with E-state index in [1.165, 1.54) is 0 Å². The van der Waals surface area contributed by atoms with Crippen molar-refractivity contribution in [3.63, 3.8) is 0 Å². The molecular weight excluding hydrogens is 330 g/mol. The highest BCUT2D eigenvalue weighted by Gasteiger charge is 2.22. The van der Waals surface area contributed by atoms with Crippen LogP contribution in [0.3, 0.4) is 0 Å². The molecule has 3 rings (SSSR count). The van der Waals surface area contributed by atoms with Crippen LogP contribution in [0, 0.1) is 0 Å². The van der Waals surface area contributed by atoms with Gasteiger partial charge in [-0.3, -0.25) is 9.59 Å². The van der Waals surface area contributed by atoms with E-state index in [1.807, 2.05) is 38.1 Å². The van der Waals surface area contributed by atoms with E-state index in [9.17, 15) is 9.59 Å². The molecule has 2 heterocycles. The molecule has 1 saturated heterocycles. The first-order valence-electron chi connectivity index (χ1n) is 8.97. The Kier molecular flexibility index (Phi) is 5.25. The van der Waals surface area contributed by atoms with Gasteiger partial charge in [-0.25, -0.2) is 4.68 Å². The number of rotatable bonds is 6. The maximum Gasteiger partial charge on any atom is 0.247 e. The molecule has 1 fully saturated rings. The van der Waals surface area contributed by atoms with Crippen molar-refractivity contribution in [1.29, 1.82) is 0 Å². The van der Waals surface area contributed by atoms with Crippen LogP contribution in [0.4, 0.5) is 17.2 Å². The summed E-state index contributed by atoms with van der Waals surface area (Å²) in [6.45, 7) is 6.57. The van der Waals surface area contributed by atoms with Gasteiger partial charge in [0.15, 0.2) is 0 Å². The second-order valence-electron chi connectivity index (χ2n) is 6.81. The highest BCUT2D eigenvalue weighted by Crippen LogP contribution is 2.24. The molecule has 2 N–H and O–H groups in total. The lowest BCUT2D eigenvalue weighted by Crippen LogP contribution is -2.33. The van der Waals surface area contributed by atoms with Gasteiger partial charge >= 0.3 is 0 Å². The number of aromatic nitrogens is 2. The molecule has 1 atom stereocenters. The smallest absolute Gasteiger partial charge is 0.247 e. The Labute approximate surface area is 153 Å². The quantitative estimate of drug-likeness (QED) is 0.835. The number of carbonyl (C=O) groups is 2. The van der Waals surface area contributed by atoms with Gasteiger partial charge in [0.25, 0.3) is 0 Å². The van der Waals surface area contributed by atoms with E-state index in [0.717, 1.165) is 24.3 Å². The number of amides is 2. The molecule has 138 valence electrons. The highest BCUT2D eigenvalue weighted by molar-refractivity contribution is 5.97. The second kappa shape index (κ2) is 7.59. The average molecular weight is 355 g/mol. The van der Waals surface area contributed by atoms with Crippen LogP contribution in [0.2, 0.25) is 0 Å². The van der Waals surface area contributed by atoms with Gasteiger partial charge in [0.1, 0.15) is 11.9 Å². The molecule has 1 unspecified atom stereocenters. The normalized spacial score (nSPS) is 15.4. The molecule has 1 aliphatic rings. The number of hydrogen-bond acceptors (Lipinski definition) is 4. The van der Waals surface area contributed by atoms with Gasteiger partial charge in [-0.05, 0) is 45.4 Å². The first-order chi connectivity index (χ1) is 12.5. The number of benzene rings is 1. The van der Waals surface area contributed by atoms with E-state index in [0.29, 0.717) is 12.2 Å². The van der Waals surface area contributed by atoms with Crippen molar-refractivity contribution in [3.05, 3.63) is 36.5 Å². The Balaban J connectivity index is 1.65. The molecule has 0 bridgehead atoms. The topological polar surface area (TPSA) is 79.3 Å². The second-order valence-corrected chi connectivity index (χ2v) is 6.81. The third-order valence-electron chi connectivity index (χ3n) is 4.42. The first-order valence-corrected chi connectivity index (χ1v) is 8.97. The van der Waals surface area contributed by atoms with E-state index in [4.69, 9.17) is 0 Å². The standard InChI is InChI=1S/C19H25N5O2/c1-13(2)24-17(9-10-20-24)22-19(26)14(3)21-15-6-4-7-16(12-15)23-11-5-8-18(23)25/h4,6-7,9-10,12-14,21H,5,8,11H2,1-3H3,(H,22,26). The van der Waals surface area contributed by atoms with Gasteiger partial charge in [-0.2, -0.15) is 5.10 Å². The zero-order chi connectivity index (χ0) is 18.7. The number of carbonyl (C=O) groups excluding carboxylic acids is 2. The average Bonchev–Trinajstić information content (AvgIpc) is 3.24. The summed E-state index contributed by atoms with van der Waals surface area (Å²) < 4.78 is 1.77. The van der Waals surface area contributed by atoms with Crippen LogP contribution < -0.4 is 15.5 Å². The zero-order valence-corrected chi connectivity index (χ0v) is 15.4. The van der Waals surface area contributed by atoms with Crippen LogP contribution in [0.1, 0.15) is 39.7 Å². The van der Waals surface area contributed by atoms with Crippen LogP contribution in [-0.4, -0.2) is 34.2 Å². The van der Waals surface area contributed by atoms with Gasteiger partial charge in [0.2, 0.25) is 11.8 Å². The minimum absolute atomic E-state index is 0.143. The van der Waals surface area contributed by atoms with E-state index >= 15 is 0 Å². The summed E-state index contributed by atoms with van der Waals surface area (Å²) in [4.78, 5) is 26.2. The van der Waals surface area contributed by atoms with E-state index in [1.54, 1.807) is 28.8 Å². The predicted octanol–water partition coefficient (Wildman–Crippen LogP) is 3.03. The summed E-state index contributed by atoms with van der Waals surface area (Å²) in [6.07, 6.45) is 3.16. The van der Waals surface area contributed by atoms with Gasteiger partial charge in [-0.15, -0.1) is 0 Å². The Morgan fingerprint density at radius 1 is 1.23 bits per heavy atom. The lowest BCUT2D eigenvalue weighted by molar-refractivity contribution is -0.117. The Morgan fingerprint density at radius 3 is 2.73 bits per heavy atom. The van der Waals surface area contributed by atoms with E-state index < -0.39 is 6.04 Å². The lowest BCUT2D eigenvalue weighted by atomic mass is 10.2. The van der Waals surface area contributed by atoms with E-state index in [-0.39, 0.29) is 17.9 Å². The van der Waals surface area contributed by atoms with Crippen LogP contribution in [0.15, 0.2) is 36.5 Å². The zero-order valence-electron chi connectivity index (χ0n) is 15.4. The fourth-order valence-electron chi connectivity index (χ4n) is 3.06. The van der Waals surface area contributed by atoms with Crippen LogP contribution in [-0.2, 0) is 9.59 Å². The molecule has 1 aliphatic heterocycles. The van der Waals surface area contributed by atoms with E-state index in [2.05, 4.69) is 15.7 Å². The van der Waals surface area contributed by atoms with Gasteiger partial charge in [0, 0.05) is 36.4 Å². The molecule has 0 aliphatic carbocycles. The summed E-state index contributed by atoms with van der Waals surface area (Å²) in [5.41, 5.74) is 1.67. The summed E-state index contributed by atoms with van der Waals surface area (Å²) in [5.74, 6) is 0.681. The lowest BCUT2D eigenvalue weighted by Gasteiger charge is -2.19. The molecule has 7 heteroatoms. The van der Waals surface area contributed by atoms with Gasteiger partial charge in [0.05, 0.1) is 6.20 Å². The molecule has 26 heavy (non-hydrogen) atoms. The predicted molar refractivity (Wildman–Crippen MR) is 102 cm³/mol. The van der Waals surface area contributed by atoms with Crippen molar-refractivity contribution >= 4 is 29.0 Å². The molecule has 2 aromatic rings. The van der Waals surface area contributed by atoms with Crippen molar-refractivity contribution in [3.8, 4) is 0 Å². The van der Waals surface area contributed by atoms with Crippen molar-refractivity contribution in [1.82, 2.24) is 9.78 Å². The Bertz CT molecular complexity index is 799. The summed E-state index contributed by atoms with van der Waals surface area (Å²) in [7, 11) is 0. The van der Waals surface area contributed by atoms with Crippen molar-refractivity contribution in [2.75, 3.05) is 22.1 Å². The molecule has 2 amide bonds. The largest absolute Gasteiger partial charge is 0.374 e. The van der Waals surface area contributed by atoms with Crippen LogP contribution in [0.25, 0.3) is 0 Å². The number of anilines is 3. The maximum absolute atomic E-state index is 12.5. The van der Waals surface area contributed by atoms with Gasteiger partial charge in [-0.1, -0.05) is 6.07 Å². The monoisotopic (exact) mass is 355 g/mol. The Morgan fingerprint density at radius 2 is 2.04 bits per heavy atom. The van der Waals surface area contributed by atoms with Crippen molar-refractivity contribution in [2.45, 2.75) is 45.7 Å². The summed E-state index contributed by atoms with van der Waals surface area (Å²) >= 11 is 0. The highest BCUT2D eigenvalue weighted by atomic mass is 16.2. The number of hydrogen-bond donors (Lipinski definition) is 2. The Hall–Kier alpha value is -2.83. The number of nitrogens with zero attached hydrogens (tertiary/aromatic N) is 3. The molecular formula is C19H25N5O2. The SMILES string of the molecule is CC(Nc1cccc(N2CCCC2=O)c1)C(=O)Nc1ccnn1C(C)C. The van der Waals surface area contributed by atoms with Crippen LogP contribution in [0.5, 0.6) is 0 Å². The molecule has 0 saturated carbocycles. The first kappa shape index (κ1) is 18.0. The fourth-order valence-corrected chi connectivity index (χ4v) is 3.06. The minimum Gasteiger partial charge on any atom is -0.374 e. The summed E-state index contributed by atoms with van der Waals surface area (Å²) in [5, 5.41) is 10.3.